The molecule has 4 rings (SSSR count). The van der Waals surface area contributed by atoms with E-state index in [4.69, 9.17) is 4.98 Å². The van der Waals surface area contributed by atoms with E-state index >= 15 is 0 Å². The molecule has 1 aliphatic carbocycles. The van der Waals surface area contributed by atoms with Crippen LogP contribution in [0.15, 0.2) is 72.9 Å². The highest BCUT2D eigenvalue weighted by atomic mass is 15.3. The standard InChI is InChI=1S/C20H20N4/c1-3-7-16(8-4-1)15-24(18-9-5-2-6-10-18)20-21-14-13-19(23-20)22-17-11-12-17/h1-10,13-14,17H,11-12,15H2,(H,21,22,23). The average Bonchev–Trinajstić information content (AvgIpc) is 3.45. The monoisotopic (exact) mass is 316 g/mol. The molecule has 4 heteroatoms. The summed E-state index contributed by atoms with van der Waals surface area (Å²) in [6.45, 7) is 0.734. The van der Waals surface area contributed by atoms with Gasteiger partial charge < -0.3 is 10.2 Å². The highest BCUT2D eigenvalue weighted by Crippen LogP contribution is 2.27. The van der Waals surface area contributed by atoms with Crippen LogP contribution < -0.4 is 10.2 Å². The second kappa shape index (κ2) is 6.71. The molecule has 0 bridgehead atoms. The van der Waals surface area contributed by atoms with E-state index in [0.29, 0.717) is 6.04 Å². The Balaban J connectivity index is 1.66. The molecular weight excluding hydrogens is 296 g/mol. The molecule has 0 amide bonds. The predicted octanol–water partition coefficient (Wildman–Crippen LogP) is 4.39. The number of nitrogens with one attached hydrogen (secondary N) is 1. The van der Waals surface area contributed by atoms with E-state index in [-0.39, 0.29) is 0 Å². The summed E-state index contributed by atoms with van der Waals surface area (Å²) in [7, 11) is 0. The first kappa shape index (κ1) is 14.7. The fraction of sp³-hybridized carbons (Fsp3) is 0.200. The molecule has 1 aliphatic rings. The van der Waals surface area contributed by atoms with E-state index in [1.807, 2.05) is 36.5 Å². The second-order valence-electron chi connectivity index (χ2n) is 6.07. The summed E-state index contributed by atoms with van der Waals surface area (Å²) in [4.78, 5) is 11.4. The van der Waals surface area contributed by atoms with Crippen molar-refractivity contribution >= 4 is 17.5 Å². The first-order valence-corrected chi connectivity index (χ1v) is 8.34. The van der Waals surface area contributed by atoms with Gasteiger partial charge in [-0.25, -0.2) is 4.98 Å². The van der Waals surface area contributed by atoms with Gasteiger partial charge in [-0.15, -0.1) is 0 Å². The van der Waals surface area contributed by atoms with Gasteiger partial charge in [-0.05, 0) is 36.6 Å². The summed E-state index contributed by atoms with van der Waals surface area (Å²) < 4.78 is 0. The van der Waals surface area contributed by atoms with Gasteiger partial charge in [-0.2, -0.15) is 4.98 Å². The third-order valence-corrected chi connectivity index (χ3v) is 4.07. The van der Waals surface area contributed by atoms with E-state index in [1.165, 1.54) is 18.4 Å². The SMILES string of the molecule is c1ccc(CN(c2ccccc2)c2nccc(NC3CC3)n2)cc1. The fourth-order valence-electron chi connectivity index (χ4n) is 2.65. The molecule has 0 radical (unpaired) electrons. The third kappa shape index (κ3) is 3.54. The Morgan fingerprint density at radius 3 is 2.33 bits per heavy atom. The Morgan fingerprint density at radius 2 is 1.62 bits per heavy atom. The lowest BCUT2D eigenvalue weighted by atomic mass is 10.2. The number of nitrogens with zero attached hydrogens (tertiary/aromatic N) is 3. The molecule has 0 unspecified atom stereocenters. The lowest BCUT2D eigenvalue weighted by Gasteiger charge is -2.23. The number of rotatable bonds is 6. The second-order valence-corrected chi connectivity index (χ2v) is 6.07. The molecule has 1 aromatic heterocycles. The lowest BCUT2D eigenvalue weighted by Crippen LogP contribution is -2.19. The number of para-hydroxylation sites is 1. The third-order valence-electron chi connectivity index (χ3n) is 4.07. The lowest BCUT2D eigenvalue weighted by molar-refractivity contribution is 0.909. The Hall–Kier alpha value is -2.88. The maximum absolute atomic E-state index is 4.73. The van der Waals surface area contributed by atoms with Gasteiger partial charge in [0.2, 0.25) is 5.95 Å². The zero-order valence-electron chi connectivity index (χ0n) is 13.5. The van der Waals surface area contributed by atoms with Crippen LogP contribution in [0.2, 0.25) is 0 Å². The van der Waals surface area contributed by atoms with Crippen LogP contribution in [0.4, 0.5) is 17.5 Å². The van der Waals surface area contributed by atoms with Crippen LogP contribution in [0.5, 0.6) is 0 Å². The van der Waals surface area contributed by atoms with Gasteiger partial charge in [0.05, 0.1) is 6.54 Å². The molecule has 1 N–H and O–H groups in total. The molecule has 0 atom stereocenters. The van der Waals surface area contributed by atoms with Gasteiger partial charge in [-0.3, -0.25) is 0 Å². The molecule has 3 aromatic rings. The van der Waals surface area contributed by atoms with Crippen molar-refractivity contribution in [1.82, 2.24) is 9.97 Å². The van der Waals surface area contributed by atoms with Crippen molar-refractivity contribution in [3.63, 3.8) is 0 Å². The zero-order valence-corrected chi connectivity index (χ0v) is 13.5. The van der Waals surface area contributed by atoms with Crippen LogP contribution >= 0.6 is 0 Å². The molecule has 2 aromatic carbocycles. The summed E-state index contributed by atoms with van der Waals surface area (Å²) in [5.74, 6) is 1.62. The van der Waals surface area contributed by atoms with Crippen LogP contribution in [0.25, 0.3) is 0 Å². The summed E-state index contributed by atoms with van der Waals surface area (Å²) in [6, 6.07) is 23.2. The first-order chi connectivity index (χ1) is 11.9. The van der Waals surface area contributed by atoms with Crippen LogP contribution in [-0.4, -0.2) is 16.0 Å². The quantitative estimate of drug-likeness (QED) is 0.732. The van der Waals surface area contributed by atoms with Crippen molar-refractivity contribution < 1.29 is 0 Å². The number of hydrogen-bond acceptors (Lipinski definition) is 4. The van der Waals surface area contributed by atoms with Gasteiger partial charge in [-0.1, -0.05) is 48.5 Å². The van der Waals surface area contributed by atoms with Gasteiger partial charge in [0, 0.05) is 17.9 Å². The van der Waals surface area contributed by atoms with Crippen molar-refractivity contribution in [1.29, 1.82) is 0 Å². The summed E-state index contributed by atoms with van der Waals surface area (Å²) in [5.41, 5.74) is 2.32. The number of anilines is 3. The topological polar surface area (TPSA) is 41.1 Å². The maximum atomic E-state index is 4.73. The predicted molar refractivity (Wildman–Crippen MR) is 97.4 cm³/mol. The van der Waals surface area contributed by atoms with Crippen molar-refractivity contribution in [3.05, 3.63) is 78.5 Å². The molecule has 4 nitrogen and oxygen atoms in total. The van der Waals surface area contributed by atoms with Gasteiger partial charge in [0.15, 0.2) is 0 Å². The summed E-state index contributed by atoms with van der Waals surface area (Å²) in [6.07, 6.45) is 4.28. The number of benzene rings is 2. The van der Waals surface area contributed by atoms with Crippen LogP contribution in [0.3, 0.4) is 0 Å². The first-order valence-electron chi connectivity index (χ1n) is 8.34. The van der Waals surface area contributed by atoms with Gasteiger partial charge in [0.25, 0.3) is 0 Å². The highest BCUT2D eigenvalue weighted by Gasteiger charge is 2.22. The molecule has 0 aliphatic heterocycles. The van der Waals surface area contributed by atoms with E-state index < -0.39 is 0 Å². The van der Waals surface area contributed by atoms with Crippen molar-refractivity contribution in [3.8, 4) is 0 Å². The van der Waals surface area contributed by atoms with Crippen LogP contribution in [0.1, 0.15) is 18.4 Å². The average molecular weight is 316 g/mol. The van der Waals surface area contributed by atoms with Crippen LogP contribution in [-0.2, 0) is 6.54 Å². The summed E-state index contributed by atoms with van der Waals surface area (Å²) in [5, 5.41) is 3.45. The fourth-order valence-corrected chi connectivity index (χ4v) is 2.65. The maximum Gasteiger partial charge on any atom is 0.232 e. The van der Waals surface area contributed by atoms with Gasteiger partial charge in [0.1, 0.15) is 5.82 Å². The van der Waals surface area contributed by atoms with Crippen molar-refractivity contribution in [2.45, 2.75) is 25.4 Å². The normalized spacial score (nSPS) is 13.5. The Labute approximate surface area is 142 Å². The largest absolute Gasteiger partial charge is 0.367 e. The smallest absolute Gasteiger partial charge is 0.232 e. The van der Waals surface area contributed by atoms with Crippen molar-refractivity contribution in [2.75, 3.05) is 10.2 Å². The van der Waals surface area contributed by atoms with Gasteiger partial charge >= 0.3 is 0 Å². The number of hydrogen-bond donors (Lipinski definition) is 1. The van der Waals surface area contributed by atoms with E-state index in [2.05, 4.69) is 51.6 Å². The molecule has 0 saturated heterocycles. The molecule has 1 saturated carbocycles. The molecule has 1 heterocycles. The van der Waals surface area contributed by atoms with E-state index in [9.17, 15) is 0 Å². The minimum Gasteiger partial charge on any atom is -0.367 e. The van der Waals surface area contributed by atoms with E-state index in [1.54, 1.807) is 0 Å². The minimum atomic E-state index is 0.576. The Morgan fingerprint density at radius 1 is 0.917 bits per heavy atom. The molecule has 120 valence electrons. The Bertz CT molecular complexity index is 785. The van der Waals surface area contributed by atoms with Crippen molar-refractivity contribution in [2.24, 2.45) is 0 Å². The molecular formula is C20H20N4. The van der Waals surface area contributed by atoms with E-state index in [0.717, 1.165) is 24.0 Å². The Kier molecular flexibility index (Phi) is 4.11. The molecule has 24 heavy (non-hydrogen) atoms. The molecule has 0 spiro atoms. The molecule has 1 fully saturated rings. The number of aromatic nitrogens is 2. The summed E-state index contributed by atoms with van der Waals surface area (Å²) >= 11 is 0. The highest BCUT2D eigenvalue weighted by molar-refractivity contribution is 5.58. The minimum absolute atomic E-state index is 0.576. The van der Waals surface area contributed by atoms with Crippen LogP contribution in [0, 0.1) is 0 Å². The zero-order chi connectivity index (χ0) is 16.2.